The normalized spacial score (nSPS) is 11.5. The fraction of sp³-hybridized carbons (Fsp3) is 0.286. The summed E-state index contributed by atoms with van der Waals surface area (Å²) in [6.45, 7) is 3.62. The van der Waals surface area contributed by atoms with E-state index in [-0.39, 0.29) is 12.3 Å². The predicted molar refractivity (Wildman–Crippen MR) is 76.7 cm³/mol. The number of carbonyl (C=O) groups is 2. The second-order valence-electron chi connectivity index (χ2n) is 4.44. The third-order valence-electron chi connectivity index (χ3n) is 2.37. The van der Waals surface area contributed by atoms with E-state index in [1.165, 1.54) is 6.08 Å². The minimum Gasteiger partial charge on any atom is -0.481 e. The lowest BCUT2D eigenvalue weighted by Crippen LogP contribution is -2.28. The number of hydrogen-bond acceptors (Lipinski definition) is 2. The number of carbonyl (C=O) groups excluding carboxylic acids is 1. The molecule has 1 rings (SSSR count). The molecule has 0 radical (unpaired) electrons. The van der Waals surface area contributed by atoms with Crippen LogP contribution in [-0.4, -0.2) is 17.0 Å². The van der Waals surface area contributed by atoms with Gasteiger partial charge in [0.15, 0.2) is 0 Å². The zero-order valence-corrected chi connectivity index (χ0v) is 12.4. The van der Waals surface area contributed by atoms with Crippen LogP contribution in [0, 0.1) is 0 Å². The number of halogens is 1. The zero-order valence-electron chi connectivity index (χ0n) is 10.8. The maximum absolute atomic E-state index is 11.7. The van der Waals surface area contributed by atoms with Gasteiger partial charge in [-0.2, -0.15) is 0 Å². The van der Waals surface area contributed by atoms with Crippen molar-refractivity contribution in [1.82, 2.24) is 5.32 Å². The van der Waals surface area contributed by atoms with E-state index in [0.717, 1.165) is 15.6 Å². The molecule has 1 amide bonds. The number of hydrogen-bond donors (Lipinski definition) is 2. The van der Waals surface area contributed by atoms with Crippen molar-refractivity contribution in [2.45, 2.75) is 26.3 Å². The van der Waals surface area contributed by atoms with Crippen molar-refractivity contribution in [3.8, 4) is 0 Å². The van der Waals surface area contributed by atoms with Crippen molar-refractivity contribution in [3.63, 3.8) is 0 Å². The second-order valence-corrected chi connectivity index (χ2v) is 5.35. The molecule has 1 aromatic rings. The van der Waals surface area contributed by atoms with Crippen LogP contribution in [0.15, 0.2) is 40.4 Å². The first kappa shape index (κ1) is 15.4. The summed E-state index contributed by atoms with van der Waals surface area (Å²) in [6.07, 6.45) is 1.30. The lowest BCUT2D eigenvalue weighted by Gasteiger charge is -2.16. The number of carboxylic acids is 1. The molecule has 0 aliphatic heterocycles. The molecule has 4 nitrogen and oxygen atoms in total. The summed E-state index contributed by atoms with van der Waals surface area (Å²) >= 11 is 3.33. The Balaban J connectivity index is 2.92. The Hall–Kier alpha value is -1.62. The summed E-state index contributed by atoms with van der Waals surface area (Å²) in [5.74, 6) is -1.24. The highest BCUT2D eigenvalue weighted by Crippen LogP contribution is 2.21. The van der Waals surface area contributed by atoms with E-state index >= 15 is 0 Å². The standard InChI is InChI=1S/C14H16BrNO3/c1-9(2)6-13(17)16-12(8-14(18)19)10-4-3-5-11(15)7-10/h3-7,12H,8H2,1-2H3,(H,16,17)(H,18,19). The van der Waals surface area contributed by atoms with Gasteiger partial charge >= 0.3 is 5.97 Å². The molecule has 19 heavy (non-hydrogen) atoms. The fourth-order valence-electron chi connectivity index (χ4n) is 1.63. The lowest BCUT2D eigenvalue weighted by atomic mass is 10.0. The Morgan fingerprint density at radius 3 is 2.63 bits per heavy atom. The van der Waals surface area contributed by atoms with Gasteiger partial charge in [0.05, 0.1) is 12.5 Å². The number of allylic oxidation sites excluding steroid dienone is 1. The number of benzene rings is 1. The van der Waals surface area contributed by atoms with Crippen LogP contribution in [0.25, 0.3) is 0 Å². The summed E-state index contributed by atoms with van der Waals surface area (Å²) < 4.78 is 0.844. The molecule has 2 N–H and O–H groups in total. The summed E-state index contributed by atoms with van der Waals surface area (Å²) in [5.41, 5.74) is 1.62. The largest absolute Gasteiger partial charge is 0.481 e. The number of aliphatic carboxylic acids is 1. The van der Waals surface area contributed by atoms with Gasteiger partial charge in [0.25, 0.3) is 0 Å². The summed E-state index contributed by atoms with van der Waals surface area (Å²) in [6, 6.07) is 6.70. The molecule has 0 heterocycles. The molecule has 1 aromatic carbocycles. The zero-order chi connectivity index (χ0) is 14.4. The van der Waals surface area contributed by atoms with E-state index in [0.29, 0.717) is 0 Å². The van der Waals surface area contributed by atoms with Crippen LogP contribution in [0.1, 0.15) is 31.9 Å². The molecule has 102 valence electrons. The monoisotopic (exact) mass is 325 g/mol. The Labute approximate surface area is 120 Å². The first-order chi connectivity index (χ1) is 8.88. The van der Waals surface area contributed by atoms with Crippen LogP contribution in [-0.2, 0) is 9.59 Å². The average molecular weight is 326 g/mol. The van der Waals surface area contributed by atoms with Gasteiger partial charge in [0, 0.05) is 10.5 Å². The molecule has 0 aliphatic rings. The Morgan fingerprint density at radius 1 is 1.42 bits per heavy atom. The number of nitrogens with one attached hydrogen (secondary N) is 1. The Morgan fingerprint density at radius 2 is 2.11 bits per heavy atom. The van der Waals surface area contributed by atoms with Crippen LogP contribution in [0.5, 0.6) is 0 Å². The van der Waals surface area contributed by atoms with Crippen molar-refractivity contribution in [3.05, 3.63) is 46.0 Å². The maximum Gasteiger partial charge on any atom is 0.305 e. The Kier molecular flexibility index (Phi) is 5.76. The molecule has 1 atom stereocenters. The molecule has 0 aliphatic carbocycles. The van der Waals surface area contributed by atoms with Crippen molar-refractivity contribution in [1.29, 1.82) is 0 Å². The van der Waals surface area contributed by atoms with E-state index < -0.39 is 12.0 Å². The van der Waals surface area contributed by atoms with Crippen LogP contribution in [0.4, 0.5) is 0 Å². The predicted octanol–water partition coefficient (Wildman–Crippen LogP) is 3.05. The van der Waals surface area contributed by atoms with E-state index in [1.54, 1.807) is 18.2 Å². The highest BCUT2D eigenvalue weighted by Gasteiger charge is 2.17. The number of amides is 1. The lowest BCUT2D eigenvalue weighted by molar-refractivity contribution is -0.137. The van der Waals surface area contributed by atoms with Gasteiger partial charge in [-0.3, -0.25) is 9.59 Å². The van der Waals surface area contributed by atoms with Crippen LogP contribution >= 0.6 is 15.9 Å². The topological polar surface area (TPSA) is 66.4 Å². The van der Waals surface area contributed by atoms with Crippen LogP contribution < -0.4 is 5.32 Å². The molecule has 1 unspecified atom stereocenters. The minimum absolute atomic E-state index is 0.154. The molecule has 0 saturated carbocycles. The van der Waals surface area contributed by atoms with Gasteiger partial charge in [-0.1, -0.05) is 33.6 Å². The van der Waals surface area contributed by atoms with Gasteiger partial charge < -0.3 is 10.4 Å². The summed E-state index contributed by atoms with van der Waals surface area (Å²) in [7, 11) is 0. The van der Waals surface area contributed by atoms with Gasteiger partial charge in [-0.05, 0) is 31.5 Å². The van der Waals surface area contributed by atoms with Gasteiger partial charge in [0.2, 0.25) is 5.91 Å². The van der Waals surface area contributed by atoms with E-state index in [2.05, 4.69) is 21.2 Å². The summed E-state index contributed by atoms with van der Waals surface area (Å²) in [5, 5.41) is 11.6. The molecule has 5 heteroatoms. The van der Waals surface area contributed by atoms with Crippen LogP contribution in [0.2, 0.25) is 0 Å². The average Bonchev–Trinajstić information content (AvgIpc) is 2.26. The Bertz CT molecular complexity index is 507. The highest BCUT2D eigenvalue weighted by molar-refractivity contribution is 9.10. The third kappa shape index (κ3) is 5.70. The maximum atomic E-state index is 11.7. The molecule has 0 saturated heterocycles. The first-order valence-electron chi connectivity index (χ1n) is 5.81. The molecular weight excluding hydrogens is 310 g/mol. The SMILES string of the molecule is CC(C)=CC(=O)NC(CC(=O)O)c1cccc(Br)c1. The molecular formula is C14H16BrNO3. The molecule has 0 spiro atoms. The fourth-order valence-corrected chi connectivity index (χ4v) is 2.04. The minimum atomic E-state index is -0.956. The number of carboxylic acid groups (broad SMARTS) is 1. The summed E-state index contributed by atoms with van der Waals surface area (Å²) in [4.78, 5) is 22.6. The van der Waals surface area contributed by atoms with Gasteiger partial charge in [-0.25, -0.2) is 0 Å². The van der Waals surface area contributed by atoms with E-state index in [4.69, 9.17) is 5.11 Å². The quantitative estimate of drug-likeness (QED) is 0.817. The molecule has 0 fully saturated rings. The molecule has 0 bridgehead atoms. The van der Waals surface area contributed by atoms with E-state index in [1.807, 2.05) is 19.9 Å². The number of rotatable bonds is 5. The van der Waals surface area contributed by atoms with Gasteiger partial charge in [-0.15, -0.1) is 0 Å². The van der Waals surface area contributed by atoms with Crippen molar-refractivity contribution in [2.24, 2.45) is 0 Å². The van der Waals surface area contributed by atoms with Crippen molar-refractivity contribution >= 4 is 27.8 Å². The molecule has 0 aromatic heterocycles. The highest BCUT2D eigenvalue weighted by atomic mass is 79.9. The third-order valence-corrected chi connectivity index (χ3v) is 2.86. The van der Waals surface area contributed by atoms with Crippen molar-refractivity contribution in [2.75, 3.05) is 0 Å². The second kappa shape index (κ2) is 7.09. The smallest absolute Gasteiger partial charge is 0.305 e. The first-order valence-corrected chi connectivity index (χ1v) is 6.60. The van der Waals surface area contributed by atoms with Crippen molar-refractivity contribution < 1.29 is 14.7 Å². The van der Waals surface area contributed by atoms with Gasteiger partial charge in [0.1, 0.15) is 0 Å². The van der Waals surface area contributed by atoms with E-state index in [9.17, 15) is 9.59 Å². The van der Waals surface area contributed by atoms with Crippen LogP contribution in [0.3, 0.4) is 0 Å².